The van der Waals surface area contributed by atoms with E-state index < -0.39 is 5.97 Å². The zero-order valence-corrected chi connectivity index (χ0v) is 6.52. The van der Waals surface area contributed by atoms with E-state index in [4.69, 9.17) is 9.52 Å². The number of aromatic carboxylic acids is 1. The number of furan rings is 1. The molecular formula is C9H6O4. The summed E-state index contributed by atoms with van der Waals surface area (Å²) in [5.41, 5.74) is 0.386. The van der Waals surface area contributed by atoms with Crippen molar-refractivity contribution in [3.05, 3.63) is 30.0 Å². The Labute approximate surface area is 73.0 Å². The predicted octanol–water partition coefficient (Wildman–Crippen LogP) is 1.84. The van der Waals surface area contributed by atoms with Gasteiger partial charge < -0.3 is 14.6 Å². The van der Waals surface area contributed by atoms with Gasteiger partial charge in [0.05, 0.1) is 17.2 Å². The number of phenolic OH excluding ortho intramolecular Hbond substituents is 1. The van der Waals surface area contributed by atoms with Crippen LogP contribution in [0.4, 0.5) is 0 Å². The van der Waals surface area contributed by atoms with Gasteiger partial charge in [0, 0.05) is 0 Å². The normalized spacial score (nSPS) is 10.5. The van der Waals surface area contributed by atoms with E-state index in [1.54, 1.807) is 6.07 Å². The number of benzene rings is 1. The third-order valence-corrected chi connectivity index (χ3v) is 1.80. The fourth-order valence-electron chi connectivity index (χ4n) is 1.18. The molecule has 0 atom stereocenters. The number of hydrogen-bond donors (Lipinski definition) is 2. The maximum atomic E-state index is 10.6. The summed E-state index contributed by atoms with van der Waals surface area (Å²) in [5, 5.41) is 18.5. The Morgan fingerprint density at radius 1 is 1.38 bits per heavy atom. The molecule has 0 saturated carbocycles. The standard InChI is InChI=1S/C9H6O4/c10-7-3-5(9(11)12)4-8-6(7)1-2-13-8/h1-4,10H,(H,11,12). The summed E-state index contributed by atoms with van der Waals surface area (Å²) in [6.45, 7) is 0. The molecule has 1 heterocycles. The first-order valence-corrected chi connectivity index (χ1v) is 3.62. The van der Waals surface area contributed by atoms with Crippen molar-refractivity contribution >= 4 is 16.9 Å². The molecule has 1 aromatic carbocycles. The van der Waals surface area contributed by atoms with E-state index in [0.29, 0.717) is 11.0 Å². The lowest BCUT2D eigenvalue weighted by molar-refractivity contribution is 0.0696. The Bertz CT molecular complexity index is 469. The lowest BCUT2D eigenvalue weighted by Crippen LogP contribution is -1.94. The second-order valence-corrected chi connectivity index (χ2v) is 2.63. The molecule has 66 valence electrons. The number of phenols is 1. The Morgan fingerprint density at radius 3 is 2.85 bits per heavy atom. The molecule has 0 unspecified atom stereocenters. The van der Waals surface area contributed by atoms with Crippen LogP contribution < -0.4 is 0 Å². The van der Waals surface area contributed by atoms with E-state index in [9.17, 15) is 9.90 Å². The predicted molar refractivity (Wildman–Crippen MR) is 44.8 cm³/mol. The highest BCUT2D eigenvalue weighted by Gasteiger charge is 2.09. The molecule has 2 aromatic rings. The monoisotopic (exact) mass is 178 g/mol. The topological polar surface area (TPSA) is 70.7 Å². The fraction of sp³-hybridized carbons (Fsp3) is 0. The van der Waals surface area contributed by atoms with Gasteiger partial charge in [-0.1, -0.05) is 0 Å². The van der Waals surface area contributed by atoms with E-state index in [1.165, 1.54) is 18.4 Å². The molecule has 0 spiro atoms. The van der Waals surface area contributed by atoms with Crippen molar-refractivity contribution in [3.8, 4) is 5.75 Å². The Kier molecular flexibility index (Phi) is 1.48. The van der Waals surface area contributed by atoms with Gasteiger partial charge >= 0.3 is 5.97 Å². The van der Waals surface area contributed by atoms with Crippen molar-refractivity contribution in [2.24, 2.45) is 0 Å². The quantitative estimate of drug-likeness (QED) is 0.698. The highest BCUT2D eigenvalue weighted by Crippen LogP contribution is 2.27. The number of carboxylic acids is 1. The number of aromatic hydroxyl groups is 1. The number of fused-ring (bicyclic) bond motifs is 1. The number of rotatable bonds is 1. The zero-order valence-electron chi connectivity index (χ0n) is 6.52. The minimum Gasteiger partial charge on any atom is -0.507 e. The van der Waals surface area contributed by atoms with Gasteiger partial charge in [-0.25, -0.2) is 4.79 Å². The van der Waals surface area contributed by atoms with Crippen molar-refractivity contribution < 1.29 is 19.4 Å². The third-order valence-electron chi connectivity index (χ3n) is 1.80. The van der Waals surface area contributed by atoms with E-state index in [-0.39, 0.29) is 11.3 Å². The summed E-state index contributed by atoms with van der Waals surface area (Å²) in [4.78, 5) is 10.6. The molecule has 0 amide bonds. The molecule has 2 rings (SSSR count). The molecule has 0 aliphatic heterocycles. The van der Waals surface area contributed by atoms with Gasteiger partial charge in [0.1, 0.15) is 11.3 Å². The smallest absolute Gasteiger partial charge is 0.335 e. The van der Waals surface area contributed by atoms with Gasteiger partial charge in [0.2, 0.25) is 0 Å². The summed E-state index contributed by atoms with van der Waals surface area (Å²) in [6.07, 6.45) is 1.40. The van der Waals surface area contributed by atoms with Crippen LogP contribution in [0.25, 0.3) is 11.0 Å². The van der Waals surface area contributed by atoms with Crippen LogP contribution in [-0.2, 0) is 0 Å². The third kappa shape index (κ3) is 1.12. The van der Waals surface area contributed by atoms with Gasteiger partial charge in [-0.2, -0.15) is 0 Å². The molecule has 0 aliphatic rings. The van der Waals surface area contributed by atoms with Crippen LogP contribution in [0.1, 0.15) is 10.4 Å². The SMILES string of the molecule is O=C(O)c1cc(O)c2ccoc2c1. The first-order valence-electron chi connectivity index (χ1n) is 3.62. The van der Waals surface area contributed by atoms with Crippen LogP contribution in [0.3, 0.4) is 0 Å². The van der Waals surface area contributed by atoms with E-state index in [0.717, 1.165) is 0 Å². The van der Waals surface area contributed by atoms with Crippen LogP contribution in [0, 0.1) is 0 Å². The minimum absolute atomic E-state index is 0.0138. The number of carbonyl (C=O) groups is 1. The molecule has 1 aromatic heterocycles. The van der Waals surface area contributed by atoms with Crippen LogP contribution in [-0.4, -0.2) is 16.2 Å². The van der Waals surface area contributed by atoms with Crippen molar-refractivity contribution in [2.75, 3.05) is 0 Å². The zero-order chi connectivity index (χ0) is 9.42. The maximum absolute atomic E-state index is 10.6. The summed E-state index contributed by atoms with van der Waals surface area (Å²) >= 11 is 0. The Balaban J connectivity index is 2.77. The van der Waals surface area contributed by atoms with Gasteiger partial charge in [-0.05, 0) is 18.2 Å². The summed E-state index contributed by atoms with van der Waals surface area (Å²) in [7, 11) is 0. The van der Waals surface area contributed by atoms with Crippen molar-refractivity contribution in [1.82, 2.24) is 0 Å². The molecule has 4 nitrogen and oxygen atoms in total. The average Bonchev–Trinajstić information content (AvgIpc) is 2.51. The van der Waals surface area contributed by atoms with Crippen LogP contribution in [0.5, 0.6) is 5.75 Å². The van der Waals surface area contributed by atoms with Gasteiger partial charge in [0.15, 0.2) is 0 Å². The Hall–Kier alpha value is -1.97. The lowest BCUT2D eigenvalue weighted by Gasteiger charge is -1.96. The van der Waals surface area contributed by atoms with Crippen LogP contribution in [0.15, 0.2) is 28.9 Å². The molecular weight excluding hydrogens is 172 g/mol. The van der Waals surface area contributed by atoms with Crippen molar-refractivity contribution in [3.63, 3.8) is 0 Å². The minimum atomic E-state index is -1.09. The molecule has 0 saturated heterocycles. The highest BCUT2D eigenvalue weighted by atomic mass is 16.4. The largest absolute Gasteiger partial charge is 0.507 e. The maximum Gasteiger partial charge on any atom is 0.335 e. The number of carboxylic acid groups (broad SMARTS) is 1. The molecule has 2 N–H and O–H groups in total. The first-order chi connectivity index (χ1) is 6.18. The highest BCUT2D eigenvalue weighted by molar-refractivity contribution is 5.95. The summed E-state index contributed by atoms with van der Waals surface area (Å²) < 4.78 is 4.97. The number of hydrogen-bond acceptors (Lipinski definition) is 3. The van der Waals surface area contributed by atoms with Gasteiger partial charge in [-0.3, -0.25) is 0 Å². The first kappa shape index (κ1) is 7.67. The van der Waals surface area contributed by atoms with Crippen LogP contribution in [0.2, 0.25) is 0 Å². The average molecular weight is 178 g/mol. The summed E-state index contributed by atoms with van der Waals surface area (Å²) in [5.74, 6) is -1.17. The summed E-state index contributed by atoms with van der Waals surface area (Å²) in [6, 6.07) is 4.15. The lowest BCUT2D eigenvalue weighted by atomic mass is 10.1. The van der Waals surface area contributed by atoms with Crippen molar-refractivity contribution in [1.29, 1.82) is 0 Å². The molecule has 13 heavy (non-hydrogen) atoms. The van der Waals surface area contributed by atoms with Crippen molar-refractivity contribution in [2.45, 2.75) is 0 Å². The molecule has 0 fully saturated rings. The van der Waals surface area contributed by atoms with Gasteiger partial charge in [-0.15, -0.1) is 0 Å². The molecule has 0 radical (unpaired) electrons. The molecule has 0 aliphatic carbocycles. The fourth-order valence-corrected chi connectivity index (χ4v) is 1.18. The molecule has 0 bridgehead atoms. The van der Waals surface area contributed by atoms with E-state index >= 15 is 0 Å². The van der Waals surface area contributed by atoms with E-state index in [2.05, 4.69) is 0 Å². The second-order valence-electron chi connectivity index (χ2n) is 2.63. The second kappa shape index (κ2) is 2.52. The van der Waals surface area contributed by atoms with Crippen LogP contribution >= 0.6 is 0 Å². The Morgan fingerprint density at radius 2 is 2.15 bits per heavy atom. The van der Waals surface area contributed by atoms with E-state index in [1.807, 2.05) is 0 Å². The van der Waals surface area contributed by atoms with Gasteiger partial charge in [0.25, 0.3) is 0 Å². The molecule has 4 heteroatoms.